The number of aromatic nitrogens is 4. The number of rotatable bonds is 4. The van der Waals surface area contributed by atoms with Crippen LogP contribution in [0.5, 0.6) is 5.75 Å². The molecule has 164 valence electrons. The van der Waals surface area contributed by atoms with Crippen LogP contribution in [0.25, 0.3) is 5.69 Å². The van der Waals surface area contributed by atoms with Crippen molar-refractivity contribution in [2.45, 2.75) is 26.6 Å². The molecule has 7 nitrogen and oxygen atoms in total. The lowest BCUT2D eigenvalue weighted by Crippen LogP contribution is -2.41. The van der Waals surface area contributed by atoms with Gasteiger partial charge in [0.1, 0.15) is 23.9 Å². The van der Waals surface area contributed by atoms with E-state index in [0.717, 1.165) is 19.2 Å². The van der Waals surface area contributed by atoms with Crippen LogP contribution in [0.1, 0.15) is 22.9 Å². The summed E-state index contributed by atoms with van der Waals surface area (Å²) in [6.07, 6.45) is -4.94. The Morgan fingerprint density at radius 2 is 1.68 bits per heavy atom. The third-order valence-electron chi connectivity index (χ3n) is 4.24. The fraction of sp³-hybridized carbons (Fsp3) is 0.263. The van der Waals surface area contributed by atoms with Crippen molar-refractivity contribution in [2.75, 3.05) is 0 Å². The maximum Gasteiger partial charge on any atom is 0.431 e. The maximum absolute atomic E-state index is 14.5. The Morgan fingerprint density at radius 3 is 2.26 bits per heavy atom. The highest BCUT2D eigenvalue weighted by Crippen LogP contribution is 2.30. The van der Waals surface area contributed by atoms with E-state index >= 15 is 0 Å². The van der Waals surface area contributed by atoms with Crippen molar-refractivity contribution in [3.63, 3.8) is 0 Å². The quantitative estimate of drug-likeness (QED) is 0.560. The van der Waals surface area contributed by atoms with Crippen molar-refractivity contribution in [1.29, 1.82) is 0 Å². The molecule has 3 rings (SSSR count). The SMILES string of the molecule is Cc1cc(C)nc(COc2cc(-n3c(=O)cc(C(F)(F)F)n(C)c3=O)c(F)cc2Cl)n1. The monoisotopic (exact) mass is 458 g/mol. The van der Waals surface area contributed by atoms with Crippen molar-refractivity contribution in [3.05, 3.63) is 78.8 Å². The summed E-state index contributed by atoms with van der Waals surface area (Å²) < 4.78 is 59.6. The van der Waals surface area contributed by atoms with Gasteiger partial charge in [-0.15, -0.1) is 0 Å². The minimum Gasteiger partial charge on any atom is -0.484 e. The van der Waals surface area contributed by atoms with Gasteiger partial charge in [-0.3, -0.25) is 9.36 Å². The van der Waals surface area contributed by atoms with E-state index in [4.69, 9.17) is 16.3 Å². The molecule has 0 atom stereocenters. The molecule has 0 unspecified atom stereocenters. The lowest BCUT2D eigenvalue weighted by Gasteiger charge is -2.15. The second-order valence-electron chi connectivity index (χ2n) is 6.63. The molecule has 0 aliphatic heterocycles. The van der Waals surface area contributed by atoms with Gasteiger partial charge in [0, 0.05) is 30.6 Å². The van der Waals surface area contributed by atoms with Crippen LogP contribution in [0, 0.1) is 19.7 Å². The molecule has 3 aromatic rings. The molecular weight excluding hydrogens is 444 g/mol. The van der Waals surface area contributed by atoms with Crippen molar-refractivity contribution >= 4 is 11.6 Å². The van der Waals surface area contributed by atoms with Crippen LogP contribution in [0.4, 0.5) is 17.6 Å². The number of benzene rings is 1. The van der Waals surface area contributed by atoms with Crippen molar-refractivity contribution < 1.29 is 22.3 Å². The van der Waals surface area contributed by atoms with Crippen LogP contribution >= 0.6 is 11.6 Å². The van der Waals surface area contributed by atoms with Gasteiger partial charge in [0.25, 0.3) is 5.56 Å². The Balaban J connectivity index is 2.07. The lowest BCUT2D eigenvalue weighted by molar-refractivity contribution is -0.144. The number of alkyl halides is 3. The van der Waals surface area contributed by atoms with E-state index in [2.05, 4.69) is 9.97 Å². The van der Waals surface area contributed by atoms with Gasteiger partial charge in [-0.05, 0) is 26.0 Å². The zero-order chi connectivity index (χ0) is 23.1. The highest BCUT2D eigenvalue weighted by Gasteiger charge is 2.35. The molecule has 0 amide bonds. The molecule has 0 spiro atoms. The Kier molecular flexibility index (Phi) is 5.90. The number of ether oxygens (including phenoxy) is 1. The molecule has 0 aliphatic rings. The van der Waals surface area contributed by atoms with Crippen LogP contribution in [-0.2, 0) is 19.8 Å². The molecule has 2 heterocycles. The topological polar surface area (TPSA) is 79.0 Å². The van der Waals surface area contributed by atoms with Crippen LogP contribution in [0.15, 0.2) is 33.9 Å². The first-order chi connectivity index (χ1) is 14.4. The minimum absolute atomic E-state index is 0.116. The van der Waals surface area contributed by atoms with Crippen molar-refractivity contribution in [1.82, 2.24) is 19.1 Å². The number of halogens is 5. The molecule has 0 aliphatic carbocycles. The van der Waals surface area contributed by atoms with E-state index < -0.39 is 34.6 Å². The third kappa shape index (κ3) is 4.61. The summed E-state index contributed by atoms with van der Waals surface area (Å²) in [4.78, 5) is 33.0. The molecule has 2 aromatic heterocycles. The highest BCUT2D eigenvalue weighted by atomic mass is 35.5. The standard InChI is InChI=1S/C19H15ClF4N4O3/c1-9-4-10(2)26-16(25-9)8-31-14-6-13(12(21)5-11(14)20)28-17(29)7-15(19(22,23)24)27(3)18(28)30/h4-7H,8H2,1-3H3. The van der Waals surface area contributed by atoms with E-state index in [0.29, 0.717) is 17.2 Å². The molecule has 12 heteroatoms. The van der Waals surface area contributed by atoms with Gasteiger partial charge in [-0.25, -0.2) is 23.7 Å². The van der Waals surface area contributed by atoms with Crippen LogP contribution < -0.4 is 16.0 Å². The first kappa shape index (κ1) is 22.5. The minimum atomic E-state index is -4.94. The summed E-state index contributed by atoms with van der Waals surface area (Å²) in [5.74, 6) is -0.907. The maximum atomic E-state index is 14.5. The molecule has 0 bridgehead atoms. The molecule has 0 N–H and O–H groups in total. The number of hydrogen-bond acceptors (Lipinski definition) is 5. The van der Waals surface area contributed by atoms with E-state index in [-0.39, 0.29) is 32.6 Å². The zero-order valence-electron chi connectivity index (χ0n) is 16.4. The molecule has 0 radical (unpaired) electrons. The largest absolute Gasteiger partial charge is 0.484 e. The van der Waals surface area contributed by atoms with Gasteiger partial charge < -0.3 is 4.74 Å². The fourth-order valence-corrected chi connectivity index (χ4v) is 3.13. The Labute approximate surface area is 177 Å². The normalized spacial score (nSPS) is 11.6. The summed E-state index contributed by atoms with van der Waals surface area (Å²) in [6.45, 7) is 3.36. The summed E-state index contributed by atoms with van der Waals surface area (Å²) in [5, 5.41) is -0.178. The summed E-state index contributed by atoms with van der Waals surface area (Å²) in [6, 6.07) is 3.70. The first-order valence-corrected chi connectivity index (χ1v) is 9.10. The van der Waals surface area contributed by atoms with Gasteiger partial charge in [0.05, 0.1) is 10.7 Å². The van der Waals surface area contributed by atoms with E-state index in [1.165, 1.54) is 0 Å². The summed E-state index contributed by atoms with van der Waals surface area (Å²) in [7, 11) is 0.823. The predicted octanol–water partition coefficient (Wildman–Crippen LogP) is 3.33. The van der Waals surface area contributed by atoms with Gasteiger partial charge in [-0.2, -0.15) is 13.2 Å². The number of nitrogens with zero attached hydrogens (tertiary/aromatic N) is 4. The molecule has 31 heavy (non-hydrogen) atoms. The van der Waals surface area contributed by atoms with Gasteiger partial charge in [0.15, 0.2) is 5.82 Å². The fourth-order valence-electron chi connectivity index (χ4n) is 2.93. The van der Waals surface area contributed by atoms with Crippen LogP contribution in [-0.4, -0.2) is 19.1 Å². The molecule has 0 saturated heterocycles. The average molecular weight is 459 g/mol. The molecule has 0 saturated carbocycles. The number of hydrogen-bond donors (Lipinski definition) is 0. The third-order valence-corrected chi connectivity index (χ3v) is 4.53. The van der Waals surface area contributed by atoms with Gasteiger partial charge >= 0.3 is 11.9 Å². The van der Waals surface area contributed by atoms with Crippen LogP contribution in [0.3, 0.4) is 0 Å². The van der Waals surface area contributed by atoms with Crippen LogP contribution in [0.2, 0.25) is 5.02 Å². The molecule has 0 fully saturated rings. The van der Waals surface area contributed by atoms with E-state index in [9.17, 15) is 27.2 Å². The van der Waals surface area contributed by atoms with Gasteiger partial charge in [-0.1, -0.05) is 11.6 Å². The summed E-state index contributed by atoms with van der Waals surface area (Å²) >= 11 is 5.99. The lowest BCUT2D eigenvalue weighted by atomic mass is 10.2. The summed E-state index contributed by atoms with van der Waals surface area (Å²) in [5.41, 5.74) is -3.44. The second kappa shape index (κ2) is 8.14. The smallest absolute Gasteiger partial charge is 0.431 e. The molecular formula is C19H15ClF4N4O3. The first-order valence-electron chi connectivity index (χ1n) is 8.72. The zero-order valence-corrected chi connectivity index (χ0v) is 17.2. The average Bonchev–Trinajstić information content (AvgIpc) is 2.63. The van der Waals surface area contributed by atoms with Gasteiger partial charge in [0.2, 0.25) is 0 Å². The second-order valence-corrected chi connectivity index (χ2v) is 7.04. The Bertz CT molecular complexity index is 1260. The van der Waals surface area contributed by atoms with Crippen molar-refractivity contribution in [2.24, 2.45) is 7.05 Å². The predicted molar refractivity (Wildman–Crippen MR) is 103 cm³/mol. The van der Waals surface area contributed by atoms with E-state index in [1.54, 1.807) is 19.9 Å². The Hall–Kier alpha value is -3.21. The number of aryl methyl sites for hydroxylation is 2. The van der Waals surface area contributed by atoms with E-state index in [1.807, 2.05) is 0 Å². The highest BCUT2D eigenvalue weighted by molar-refractivity contribution is 6.32. The van der Waals surface area contributed by atoms with Crippen molar-refractivity contribution in [3.8, 4) is 11.4 Å². The Morgan fingerprint density at radius 1 is 1.06 bits per heavy atom. The molecule has 1 aromatic carbocycles.